The van der Waals surface area contributed by atoms with Crippen LogP contribution in [0.25, 0.3) is 10.8 Å². The number of ether oxygens (including phenoxy) is 1. The van der Waals surface area contributed by atoms with Gasteiger partial charge in [-0.3, -0.25) is 9.78 Å². The summed E-state index contributed by atoms with van der Waals surface area (Å²) in [5.74, 6) is 0.176. The predicted octanol–water partition coefficient (Wildman–Crippen LogP) is 2.21. The van der Waals surface area contributed by atoms with Gasteiger partial charge in [-0.05, 0) is 23.3 Å². The van der Waals surface area contributed by atoms with Crippen LogP contribution in [0.5, 0.6) is 5.75 Å². The standard InChI is InChI=1S/C17H16N2O3/c1-2-22-15-14(18-17(21)19-16(15)20)10-12-8-5-7-11-6-3-4-9-13(11)12/h3-9H,2,10H2,1H3,(H2,18,19,20,21). The molecule has 0 radical (unpaired) electrons. The van der Waals surface area contributed by atoms with Gasteiger partial charge in [0, 0.05) is 6.42 Å². The smallest absolute Gasteiger partial charge is 0.326 e. The molecule has 22 heavy (non-hydrogen) atoms. The maximum Gasteiger partial charge on any atom is 0.326 e. The molecule has 0 unspecified atom stereocenters. The maximum absolute atomic E-state index is 11.9. The van der Waals surface area contributed by atoms with Gasteiger partial charge in [-0.2, -0.15) is 0 Å². The monoisotopic (exact) mass is 296 g/mol. The summed E-state index contributed by atoms with van der Waals surface area (Å²) in [5, 5.41) is 2.21. The number of aromatic nitrogens is 2. The molecule has 0 bridgehead atoms. The van der Waals surface area contributed by atoms with Crippen LogP contribution in [0.1, 0.15) is 18.2 Å². The minimum Gasteiger partial charge on any atom is -0.487 e. The summed E-state index contributed by atoms with van der Waals surface area (Å²) in [7, 11) is 0. The predicted molar refractivity (Wildman–Crippen MR) is 85.6 cm³/mol. The van der Waals surface area contributed by atoms with E-state index in [9.17, 15) is 9.59 Å². The third-order valence-electron chi connectivity index (χ3n) is 3.51. The lowest BCUT2D eigenvalue weighted by molar-refractivity contribution is 0.329. The SMILES string of the molecule is CCOc1c(Cc2cccc3ccccc23)[nH]c(=O)[nH]c1=O. The topological polar surface area (TPSA) is 75.0 Å². The van der Waals surface area contributed by atoms with E-state index in [2.05, 4.69) is 9.97 Å². The highest BCUT2D eigenvalue weighted by Crippen LogP contribution is 2.22. The van der Waals surface area contributed by atoms with Gasteiger partial charge in [0.15, 0.2) is 0 Å². The van der Waals surface area contributed by atoms with Gasteiger partial charge in [-0.25, -0.2) is 4.79 Å². The van der Waals surface area contributed by atoms with E-state index in [-0.39, 0.29) is 5.75 Å². The van der Waals surface area contributed by atoms with Crippen molar-refractivity contribution < 1.29 is 4.74 Å². The second-order valence-corrected chi connectivity index (χ2v) is 4.96. The second kappa shape index (κ2) is 5.89. The molecule has 5 heteroatoms. The van der Waals surface area contributed by atoms with E-state index >= 15 is 0 Å². The summed E-state index contributed by atoms with van der Waals surface area (Å²) in [5.41, 5.74) is 0.497. The Labute approximate surface area is 126 Å². The molecule has 3 aromatic rings. The van der Waals surface area contributed by atoms with E-state index in [0.717, 1.165) is 16.3 Å². The Morgan fingerprint density at radius 1 is 1.00 bits per heavy atom. The average Bonchev–Trinajstić information content (AvgIpc) is 2.51. The number of nitrogens with one attached hydrogen (secondary N) is 2. The molecule has 0 fully saturated rings. The lowest BCUT2D eigenvalue weighted by Gasteiger charge is -2.10. The Hall–Kier alpha value is -2.82. The van der Waals surface area contributed by atoms with Crippen molar-refractivity contribution in [1.82, 2.24) is 9.97 Å². The Morgan fingerprint density at radius 2 is 1.77 bits per heavy atom. The lowest BCUT2D eigenvalue weighted by atomic mass is 10.0. The van der Waals surface area contributed by atoms with Crippen molar-refractivity contribution in [3.8, 4) is 5.75 Å². The van der Waals surface area contributed by atoms with Crippen molar-refractivity contribution in [1.29, 1.82) is 0 Å². The van der Waals surface area contributed by atoms with Gasteiger partial charge in [-0.1, -0.05) is 42.5 Å². The molecule has 2 N–H and O–H groups in total. The first-order valence-corrected chi connectivity index (χ1v) is 7.14. The van der Waals surface area contributed by atoms with Crippen LogP contribution in [0.15, 0.2) is 52.1 Å². The van der Waals surface area contributed by atoms with Crippen LogP contribution in [0.3, 0.4) is 0 Å². The van der Waals surface area contributed by atoms with Crippen molar-refractivity contribution >= 4 is 10.8 Å². The molecule has 0 atom stereocenters. The van der Waals surface area contributed by atoms with Crippen LogP contribution in [0.4, 0.5) is 0 Å². The van der Waals surface area contributed by atoms with E-state index in [0.29, 0.717) is 18.7 Å². The minimum atomic E-state index is -0.524. The lowest BCUT2D eigenvalue weighted by Crippen LogP contribution is -2.26. The fourth-order valence-electron chi connectivity index (χ4n) is 2.58. The van der Waals surface area contributed by atoms with Gasteiger partial charge in [0.2, 0.25) is 5.75 Å². The van der Waals surface area contributed by atoms with Crippen LogP contribution in [0, 0.1) is 0 Å². The van der Waals surface area contributed by atoms with Gasteiger partial charge in [-0.15, -0.1) is 0 Å². The zero-order chi connectivity index (χ0) is 15.5. The van der Waals surface area contributed by atoms with Crippen molar-refractivity contribution in [3.05, 3.63) is 74.6 Å². The Bertz CT molecular complexity index is 920. The van der Waals surface area contributed by atoms with Crippen LogP contribution >= 0.6 is 0 Å². The van der Waals surface area contributed by atoms with Gasteiger partial charge in [0.05, 0.1) is 12.3 Å². The molecule has 2 aromatic carbocycles. The number of H-pyrrole nitrogens is 2. The quantitative estimate of drug-likeness (QED) is 0.775. The molecular weight excluding hydrogens is 280 g/mol. The first kappa shape index (κ1) is 14.1. The van der Waals surface area contributed by atoms with Gasteiger partial charge >= 0.3 is 5.69 Å². The normalized spacial score (nSPS) is 10.8. The summed E-state index contributed by atoms with van der Waals surface area (Å²) in [6.45, 7) is 2.16. The molecule has 0 saturated heterocycles. The third-order valence-corrected chi connectivity index (χ3v) is 3.51. The molecule has 1 aromatic heterocycles. The molecule has 1 heterocycles. The second-order valence-electron chi connectivity index (χ2n) is 4.96. The Morgan fingerprint density at radius 3 is 2.59 bits per heavy atom. The molecule has 0 aliphatic heterocycles. The first-order chi connectivity index (χ1) is 10.7. The number of benzene rings is 2. The molecule has 112 valence electrons. The Kier molecular flexibility index (Phi) is 3.78. The summed E-state index contributed by atoms with van der Waals surface area (Å²) in [4.78, 5) is 28.3. The highest BCUT2D eigenvalue weighted by molar-refractivity contribution is 5.85. The minimum absolute atomic E-state index is 0.176. The van der Waals surface area contributed by atoms with Crippen molar-refractivity contribution in [2.24, 2.45) is 0 Å². The zero-order valence-corrected chi connectivity index (χ0v) is 12.2. The largest absolute Gasteiger partial charge is 0.487 e. The van der Waals surface area contributed by atoms with Crippen LogP contribution < -0.4 is 16.0 Å². The van der Waals surface area contributed by atoms with E-state index in [4.69, 9.17) is 4.74 Å². The van der Waals surface area contributed by atoms with Crippen LogP contribution in [-0.2, 0) is 6.42 Å². The van der Waals surface area contributed by atoms with Crippen molar-refractivity contribution in [2.75, 3.05) is 6.61 Å². The average molecular weight is 296 g/mol. The molecule has 0 aliphatic carbocycles. The third kappa shape index (κ3) is 2.65. The number of fused-ring (bicyclic) bond motifs is 1. The number of hydrogen-bond acceptors (Lipinski definition) is 3. The van der Waals surface area contributed by atoms with E-state index < -0.39 is 11.2 Å². The highest BCUT2D eigenvalue weighted by atomic mass is 16.5. The summed E-state index contributed by atoms with van der Waals surface area (Å²) in [6.07, 6.45) is 0.426. The van der Waals surface area contributed by atoms with E-state index in [1.807, 2.05) is 42.5 Å². The molecule has 5 nitrogen and oxygen atoms in total. The molecule has 0 amide bonds. The zero-order valence-electron chi connectivity index (χ0n) is 12.2. The fraction of sp³-hybridized carbons (Fsp3) is 0.176. The number of aromatic amines is 2. The number of hydrogen-bond donors (Lipinski definition) is 2. The van der Waals surface area contributed by atoms with Gasteiger partial charge in [0.25, 0.3) is 5.56 Å². The molecule has 3 rings (SSSR count). The molecule has 0 spiro atoms. The van der Waals surface area contributed by atoms with E-state index in [1.54, 1.807) is 6.92 Å². The van der Waals surface area contributed by atoms with Crippen molar-refractivity contribution in [3.63, 3.8) is 0 Å². The fourth-order valence-corrected chi connectivity index (χ4v) is 2.58. The molecule has 0 saturated carbocycles. The van der Waals surface area contributed by atoms with Gasteiger partial charge < -0.3 is 9.72 Å². The van der Waals surface area contributed by atoms with Crippen LogP contribution in [-0.4, -0.2) is 16.6 Å². The Balaban J connectivity index is 2.13. The number of rotatable bonds is 4. The maximum atomic E-state index is 11.9. The summed E-state index contributed by atoms with van der Waals surface area (Å²) >= 11 is 0. The van der Waals surface area contributed by atoms with Crippen molar-refractivity contribution in [2.45, 2.75) is 13.3 Å². The first-order valence-electron chi connectivity index (χ1n) is 7.14. The molecule has 0 aliphatic rings. The van der Waals surface area contributed by atoms with E-state index in [1.165, 1.54) is 0 Å². The molecular formula is C17H16N2O3. The summed E-state index contributed by atoms with van der Waals surface area (Å²) < 4.78 is 5.39. The van der Waals surface area contributed by atoms with Crippen LogP contribution in [0.2, 0.25) is 0 Å². The highest BCUT2D eigenvalue weighted by Gasteiger charge is 2.12. The summed E-state index contributed by atoms with van der Waals surface area (Å²) in [6, 6.07) is 14.0. The van der Waals surface area contributed by atoms with Gasteiger partial charge in [0.1, 0.15) is 0 Å².